The molecule has 0 unspecified atom stereocenters. The molecule has 1 aromatic carbocycles. The van der Waals surface area contributed by atoms with E-state index in [4.69, 9.17) is 17.3 Å². The van der Waals surface area contributed by atoms with Crippen molar-refractivity contribution in [3.05, 3.63) is 71.6 Å². The molecule has 0 saturated heterocycles. The lowest BCUT2D eigenvalue weighted by atomic mass is 10.1. The summed E-state index contributed by atoms with van der Waals surface area (Å²) < 4.78 is 0. The second kappa shape index (κ2) is 9.95. The van der Waals surface area contributed by atoms with Crippen molar-refractivity contribution in [2.45, 2.75) is 6.42 Å². The van der Waals surface area contributed by atoms with Gasteiger partial charge in [0.05, 0.1) is 17.5 Å². The van der Waals surface area contributed by atoms with Crippen molar-refractivity contribution < 1.29 is 9.59 Å². The largest absolute Gasteiger partial charge is 0.370 e. The highest BCUT2D eigenvalue weighted by Crippen LogP contribution is 2.19. The molecule has 0 fully saturated rings. The SMILES string of the molecule is Clc1ccccc1.NC(=O)CCNC(=O)c1cn[nH]c1-c1ccncc1. The first kappa shape index (κ1) is 19.1. The third-order valence-corrected chi connectivity index (χ3v) is 3.50. The average Bonchev–Trinajstić information content (AvgIpc) is 3.13. The number of aromatic amines is 1. The summed E-state index contributed by atoms with van der Waals surface area (Å²) in [6.07, 6.45) is 4.80. The molecule has 3 aromatic rings. The molecule has 0 spiro atoms. The Kier molecular flexibility index (Phi) is 7.32. The van der Waals surface area contributed by atoms with Crippen LogP contribution in [0.4, 0.5) is 0 Å². The summed E-state index contributed by atoms with van der Waals surface area (Å²) in [4.78, 5) is 26.5. The van der Waals surface area contributed by atoms with Gasteiger partial charge in [0.15, 0.2) is 0 Å². The molecule has 8 heteroatoms. The lowest BCUT2D eigenvalue weighted by molar-refractivity contribution is -0.117. The van der Waals surface area contributed by atoms with Gasteiger partial charge in [-0.15, -0.1) is 0 Å². The van der Waals surface area contributed by atoms with E-state index in [2.05, 4.69) is 20.5 Å². The van der Waals surface area contributed by atoms with E-state index in [1.807, 2.05) is 30.3 Å². The van der Waals surface area contributed by atoms with Crippen LogP contribution in [0.3, 0.4) is 0 Å². The first-order chi connectivity index (χ1) is 12.6. The van der Waals surface area contributed by atoms with Crippen molar-refractivity contribution in [2.24, 2.45) is 5.73 Å². The van der Waals surface area contributed by atoms with Gasteiger partial charge in [0, 0.05) is 35.9 Å². The van der Waals surface area contributed by atoms with E-state index in [0.717, 1.165) is 10.6 Å². The van der Waals surface area contributed by atoms with Gasteiger partial charge in [0.2, 0.25) is 5.91 Å². The Bertz CT molecular complexity index is 837. The second-order valence-corrected chi connectivity index (χ2v) is 5.60. The van der Waals surface area contributed by atoms with E-state index in [0.29, 0.717) is 11.3 Å². The minimum absolute atomic E-state index is 0.105. The van der Waals surface area contributed by atoms with E-state index in [1.165, 1.54) is 6.20 Å². The van der Waals surface area contributed by atoms with Crippen LogP contribution >= 0.6 is 11.6 Å². The molecule has 0 saturated carbocycles. The zero-order chi connectivity index (χ0) is 18.8. The lowest BCUT2D eigenvalue weighted by Crippen LogP contribution is -2.27. The number of aromatic nitrogens is 3. The van der Waals surface area contributed by atoms with Crippen LogP contribution in [0.25, 0.3) is 11.3 Å². The number of hydrogen-bond acceptors (Lipinski definition) is 4. The quantitative estimate of drug-likeness (QED) is 0.639. The molecule has 2 aromatic heterocycles. The first-order valence-electron chi connectivity index (χ1n) is 7.78. The Hall–Kier alpha value is -3.19. The van der Waals surface area contributed by atoms with Gasteiger partial charge in [-0.05, 0) is 24.3 Å². The van der Waals surface area contributed by atoms with Crippen molar-refractivity contribution in [1.29, 1.82) is 0 Å². The standard InChI is InChI=1S/C12H13N5O2.C6H5Cl/c13-10(18)3-6-15-12(19)9-7-16-17-11(9)8-1-4-14-5-2-8;7-6-4-2-1-3-5-6/h1-2,4-5,7H,3,6H2,(H2,13,18)(H,15,19)(H,16,17);1-5H. The van der Waals surface area contributed by atoms with Gasteiger partial charge < -0.3 is 11.1 Å². The van der Waals surface area contributed by atoms with Crippen molar-refractivity contribution in [3.63, 3.8) is 0 Å². The summed E-state index contributed by atoms with van der Waals surface area (Å²) in [6.45, 7) is 0.204. The maximum atomic E-state index is 11.9. The van der Waals surface area contributed by atoms with Crippen LogP contribution < -0.4 is 11.1 Å². The number of benzene rings is 1. The van der Waals surface area contributed by atoms with E-state index in [1.54, 1.807) is 24.5 Å². The van der Waals surface area contributed by atoms with Gasteiger partial charge in [-0.25, -0.2) is 0 Å². The van der Waals surface area contributed by atoms with Crippen LogP contribution in [0, 0.1) is 0 Å². The fraction of sp³-hybridized carbons (Fsp3) is 0.111. The van der Waals surface area contributed by atoms with Crippen LogP contribution in [0.2, 0.25) is 5.02 Å². The molecule has 0 bridgehead atoms. The van der Waals surface area contributed by atoms with Crippen molar-refractivity contribution in [1.82, 2.24) is 20.5 Å². The molecule has 26 heavy (non-hydrogen) atoms. The molecule has 0 aliphatic carbocycles. The number of carbonyl (C=O) groups is 2. The summed E-state index contributed by atoms with van der Waals surface area (Å²) in [6, 6.07) is 13.0. The third-order valence-electron chi connectivity index (χ3n) is 3.24. The molecule has 3 rings (SSSR count). The van der Waals surface area contributed by atoms with Gasteiger partial charge in [0.25, 0.3) is 5.91 Å². The Morgan fingerprint density at radius 2 is 1.81 bits per heavy atom. The molecule has 0 aliphatic heterocycles. The molecule has 2 amide bonds. The summed E-state index contributed by atoms with van der Waals surface area (Å²) in [5.74, 6) is -0.760. The Labute approximate surface area is 155 Å². The summed E-state index contributed by atoms with van der Waals surface area (Å²) in [5, 5.41) is 10.0. The summed E-state index contributed by atoms with van der Waals surface area (Å²) >= 11 is 5.54. The number of pyridine rings is 1. The van der Waals surface area contributed by atoms with E-state index in [9.17, 15) is 9.59 Å². The van der Waals surface area contributed by atoms with Gasteiger partial charge in [-0.2, -0.15) is 5.10 Å². The molecule has 134 valence electrons. The van der Waals surface area contributed by atoms with Gasteiger partial charge in [-0.3, -0.25) is 19.7 Å². The average molecular weight is 372 g/mol. The Balaban J connectivity index is 0.000000290. The minimum atomic E-state index is -0.457. The third kappa shape index (κ3) is 6.03. The molecule has 0 aliphatic rings. The highest BCUT2D eigenvalue weighted by Gasteiger charge is 2.14. The number of amides is 2. The number of nitrogens with zero attached hydrogens (tertiary/aromatic N) is 2. The normalized spacial score (nSPS) is 9.73. The van der Waals surface area contributed by atoms with Gasteiger partial charge in [0.1, 0.15) is 0 Å². The predicted molar refractivity (Wildman–Crippen MR) is 99.4 cm³/mol. The number of nitrogens with one attached hydrogen (secondary N) is 2. The zero-order valence-corrected chi connectivity index (χ0v) is 14.6. The van der Waals surface area contributed by atoms with Crippen molar-refractivity contribution in [3.8, 4) is 11.3 Å². The van der Waals surface area contributed by atoms with E-state index >= 15 is 0 Å². The molecule has 2 heterocycles. The van der Waals surface area contributed by atoms with E-state index in [-0.39, 0.29) is 18.9 Å². The van der Waals surface area contributed by atoms with Crippen molar-refractivity contribution in [2.75, 3.05) is 6.54 Å². The minimum Gasteiger partial charge on any atom is -0.370 e. The predicted octanol–water partition coefficient (Wildman–Crippen LogP) is 2.42. The van der Waals surface area contributed by atoms with Crippen molar-refractivity contribution >= 4 is 23.4 Å². The smallest absolute Gasteiger partial charge is 0.255 e. The monoisotopic (exact) mass is 371 g/mol. The van der Waals surface area contributed by atoms with Crippen LogP contribution in [-0.2, 0) is 4.79 Å². The van der Waals surface area contributed by atoms with E-state index < -0.39 is 5.91 Å². The lowest BCUT2D eigenvalue weighted by Gasteiger charge is -2.04. The maximum Gasteiger partial charge on any atom is 0.255 e. The topological polar surface area (TPSA) is 114 Å². The van der Waals surface area contributed by atoms with Gasteiger partial charge in [-0.1, -0.05) is 29.8 Å². The van der Waals surface area contributed by atoms with Crippen LogP contribution in [0.1, 0.15) is 16.8 Å². The van der Waals surface area contributed by atoms with Crippen LogP contribution in [-0.4, -0.2) is 33.5 Å². The molecule has 4 N–H and O–H groups in total. The summed E-state index contributed by atoms with van der Waals surface area (Å²) in [7, 11) is 0. The second-order valence-electron chi connectivity index (χ2n) is 5.16. The molecular weight excluding hydrogens is 354 g/mol. The summed E-state index contributed by atoms with van der Waals surface area (Å²) in [5.41, 5.74) is 6.84. The highest BCUT2D eigenvalue weighted by molar-refractivity contribution is 6.30. The fourth-order valence-corrected chi connectivity index (χ4v) is 2.15. The molecular formula is C18H18ClN5O2. The number of primary amides is 1. The Morgan fingerprint density at radius 1 is 1.12 bits per heavy atom. The molecule has 0 radical (unpaired) electrons. The first-order valence-corrected chi connectivity index (χ1v) is 8.16. The molecule has 7 nitrogen and oxygen atoms in total. The Morgan fingerprint density at radius 3 is 2.38 bits per heavy atom. The number of rotatable bonds is 5. The number of nitrogens with two attached hydrogens (primary N) is 1. The van der Waals surface area contributed by atoms with Crippen LogP contribution in [0.5, 0.6) is 0 Å². The number of carbonyl (C=O) groups excluding carboxylic acids is 2. The van der Waals surface area contributed by atoms with Gasteiger partial charge >= 0.3 is 0 Å². The van der Waals surface area contributed by atoms with Crippen LogP contribution in [0.15, 0.2) is 61.1 Å². The highest BCUT2D eigenvalue weighted by atomic mass is 35.5. The number of hydrogen-bond donors (Lipinski definition) is 3. The maximum absolute atomic E-state index is 11.9. The zero-order valence-electron chi connectivity index (χ0n) is 13.9. The molecule has 0 atom stereocenters. The number of halogens is 1. The fourth-order valence-electron chi connectivity index (χ4n) is 2.01. The number of H-pyrrole nitrogens is 1.